The van der Waals surface area contributed by atoms with Crippen molar-refractivity contribution in [2.24, 2.45) is 0 Å². The normalized spacial score (nSPS) is 10.1. The number of nitrogens with one attached hydrogen (secondary N) is 2. The third-order valence-electron chi connectivity index (χ3n) is 3.60. The van der Waals surface area contributed by atoms with Gasteiger partial charge in [-0.05, 0) is 36.4 Å². The molecule has 3 rings (SSSR count). The van der Waals surface area contributed by atoms with Crippen molar-refractivity contribution in [1.82, 2.24) is 9.97 Å². The molecule has 0 spiro atoms. The number of halogens is 1. The lowest BCUT2D eigenvalue weighted by atomic mass is 10.2. The van der Waals surface area contributed by atoms with Crippen LogP contribution < -0.4 is 10.6 Å². The SMILES string of the molecule is COC(=O)c1ccc(NC(=O)c2cc(Nc3ccccc3F)ncn2)cc1. The Balaban J connectivity index is 1.72. The molecule has 0 aliphatic carbocycles. The van der Waals surface area contributed by atoms with E-state index in [9.17, 15) is 14.0 Å². The van der Waals surface area contributed by atoms with E-state index in [1.54, 1.807) is 30.3 Å². The molecule has 1 aromatic heterocycles. The number of hydrogen-bond donors (Lipinski definition) is 2. The van der Waals surface area contributed by atoms with E-state index in [0.717, 1.165) is 0 Å². The second-order valence-corrected chi connectivity index (χ2v) is 5.42. The van der Waals surface area contributed by atoms with E-state index in [0.29, 0.717) is 11.3 Å². The summed E-state index contributed by atoms with van der Waals surface area (Å²) in [4.78, 5) is 31.7. The third kappa shape index (κ3) is 4.43. The van der Waals surface area contributed by atoms with Crippen molar-refractivity contribution in [3.8, 4) is 0 Å². The number of benzene rings is 2. The lowest BCUT2D eigenvalue weighted by Crippen LogP contribution is -2.14. The van der Waals surface area contributed by atoms with Crippen molar-refractivity contribution in [3.05, 3.63) is 78.0 Å². The summed E-state index contributed by atoms with van der Waals surface area (Å²) in [6, 6.07) is 13.7. The molecule has 2 N–H and O–H groups in total. The molecule has 2 aromatic carbocycles. The van der Waals surface area contributed by atoms with Crippen LogP contribution in [0.25, 0.3) is 0 Å². The maximum Gasteiger partial charge on any atom is 0.337 e. The molecule has 0 radical (unpaired) electrons. The fraction of sp³-hybridized carbons (Fsp3) is 0.0526. The third-order valence-corrected chi connectivity index (χ3v) is 3.60. The number of carbonyl (C=O) groups excluding carboxylic acids is 2. The topological polar surface area (TPSA) is 93.2 Å². The second-order valence-electron chi connectivity index (χ2n) is 5.42. The molecule has 0 saturated heterocycles. The van der Waals surface area contributed by atoms with Gasteiger partial charge < -0.3 is 15.4 Å². The molecule has 1 amide bonds. The van der Waals surface area contributed by atoms with Crippen LogP contribution in [0, 0.1) is 5.82 Å². The molecule has 0 aliphatic heterocycles. The number of rotatable bonds is 5. The highest BCUT2D eigenvalue weighted by molar-refractivity contribution is 6.03. The number of anilines is 3. The molecule has 0 aliphatic rings. The number of carbonyl (C=O) groups is 2. The number of para-hydroxylation sites is 1. The van der Waals surface area contributed by atoms with Crippen LogP contribution in [-0.4, -0.2) is 29.0 Å². The summed E-state index contributed by atoms with van der Waals surface area (Å²) in [5.41, 5.74) is 1.19. The molecule has 7 nitrogen and oxygen atoms in total. The molecular weight excluding hydrogens is 351 g/mol. The Morgan fingerprint density at radius 2 is 1.78 bits per heavy atom. The van der Waals surface area contributed by atoms with Gasteiger partial charge in [-0.3, -0.25) is 4.79 Å². The Morgan fingerprint density at radius 3 is 2.48 bits per heavy atom. The van der Waals surface area contributed by atoms with Crippen molar-refractivity contribution in [2.75, 3.05) is 17.7 Å². The van der Waals surface area contributed by atoms with Crippen molar-refractivity contribution < 1.29 is 18.7 Å². The van der Waals surface area contributed by atoms with E-state index < -0.39 is 17.7 Å². The Morgan fingerprint density at radius 1 is 1.04 bits per heavy atom. The van der Waals surface area contributed by atoms with Gasteiger partial charge in [-0.1, -0.05) is 12.1 Å². The number of esters is 1. The highest BCUT2D eigenvalue weighted by atomic mass is 19.1. The highest BCUT2D eigenvalue weighted by Gasteiger charge is 2.11. The lowest BCUT2D eigenvalue weighted by molar-refractivity contribution is 0.0600. The zero-order valence-corrected chi connectivity index (χ0v) is 14.3. The zero-order chi connectivity index (χ0) is 19.2. The van der Waals surface area contributed by atoms with Gasteiger partial charge in [-0.15, -0.1) is 0 Å². The predicted octanol–water partition coefficient (Wildman–Crippen LogP) is 3.40. The van der Waals surface area contributed by atoms with Crippen LogP contribution in [0.4, 0.5) is 21.6 Å². The number of hydrogen-bond acceptors (Lipinski definition) is 6. The highest BCUT2D eigenvalue weighted by Crippen LogP contribution is 2.18. The summed E-state index contributed by atoms with van der Waals surface area (Å²) in [6.45, 7) is 0. The van der Waals surface area contributed by atoms with Crippen LogP contribution >= 0.6 is 0 Å². The molecule has 0 bridgehead atoms. The molecule has 3 aromatic rings. The number of aromatic nitrogens is 2. The van der Waals surface area contributed by atoms with Gasteiger partial charge in [-0.25, -0.2) is 19.2 Å². The second kappa shape index (κ2) is 8.05. The van der Waals surface area contributed by atoms with Crippen LogP contribution in [0.5, 0.6) is 0 Å². The summed E-state index contributed by atoms with van der Waals surface area (Å²) >= 11 is 0. The summed E-state index contributed by atoms with van der Waals surface area (Å²) in [5, 5.41) is 5.46. The summed E-state index contributed by atoms with van der Waals surface area (Å²) in [7, 11) is 1.29. The van der Waals surface area contributed by atoms with Crippen LogP contribution in [0.2, 0.25) is 0 Å². The Kier molecular flexibility index (Phi) is 5.36. The van der Waals surface area contributed by atoms with Crippen molar-refractivity contribution >= 4 is 29.1 Å². The molecule has 27 heavy (non-hydrogen) atoms. The molecule has 0 fully saturated rings. The van der Waals surface area contributed by atoms with Gasteiger partial charge in [0.05, 0.1) is 18.4 Å². The van der Waals surface area contributed by atoms with Crippen molar-refractivity contribution in [3.63, 3.8) is 0 Å². The largest absolute Gasteiger partial charge is 0.465 e. The number of amides is 1. The minimum Gasteiger partial charge on any atom is -0.465 e. The Hall–Kier alpha value is -3.81. The Bertz CT molecular complexity index is 977. The quantitative estimate of drug-likeness (QED) is 0.672. The lowest BCUT2D eigenvalue weighted by Gasteiger charge is -2.08. The molecule has 0 unspecified atom stereocenters. The first kappa shape index (κ1) is 18.0. The zero-order valence-electron chi connectivity index (χ0n) is 14.3. The minimum atomic E-state index is -0.472. The standard InChI is InChI=1S/C19H15FN4O3/c1-27-19(26)12-6-8-13(9-7-12)23-18(25)16-10-17(22-11-21-16)24-15-5-3-2-4-14(15)20/h2-11H,1H3,(H,23,25)(H,21,22,24). The van der Waals surface area contributed by atoms with Gasteiger partial charge >= 0.3 is 5.97 Å². The monoisotopic (exact) mass is 366 g/mol. The maximum atomic E-state index is 13.7. The molecule has 8 heteroatoms. The van der Waals surface area contributed by atoms with E-state index >= 15 is 0 Å². The van der Waals surface area contributed by atoms with E-state index in [4.69, 9.17) is 0 Å². The molecule has 0 atom stereocenters. The van der Waals surface area contributed by atoms with E-state index in [1.165, 1.54) is 37.7 Å². The van der Waals surface area contributed by atoms with Crippen LogP contribution in [0.1, 0.15) is 20.8 Å². The van der Waals surface area contributed by atoms with Gasteiger partial charge in [0.15, 0.2) is 0 Å². The van der Waals surface area contributed by atoms with E-state index in [-0.39, 0.29) is 17.2 Å². The molecule has 0 saturated carbocycles. The molecule has 136 valence electrons. The predicted molar refractivity (Wildman–Crippen MR) is 97.4 cm³/mol. The van der Waals surface area contributed by atoms with Crippen LogP contribution in [0.15, 0.2) is 60.9 Å². The van der Waals surface area contributed by atoms with Gasteiger partial charge in [0.2, 0.25) is 0 Å². The van der Waals surface area contributed by atoms with Gasteiger partial charge in [-0.2, -0.15) is 0 Å². The van der Waals surface area contributed by atoms with Crippen LogP contribution in [0.3, 0.4) is 0 Å². The van der Waals surface area contributed by atoms with Crippen molar-refractivity contribution in [2.45, 2.75) is 0 Å². The minimum absolute atomic E-state index is 0.0980. The summed E-state index contributed by atoms with van der Waals surface area (Å²) in [6.07, 6.45) is 1.21. The average Bonchev–Trinajstić information content (AvgIpc) is 2.70. The average molecular weight is 366 g/mol. The molecular formula is C19H15FN4O3. The summed E-state index contributed by atoms with van der Waals surface area (Å²) < 4.78 is 18.3. The van der Waals surface area contributed by atoms with Gasteiger partial charge in [0.25, 0.3) is 5.91 Å². The first-order chi connectivity index (χ1) is 13.1. The van der Waals surface area contributed by atoms with E-state index in [2.05, 4.69) is 25.3 Å². The Labute approximate surface area is 154 Å². The fourth-order valence-electron chi connectivity index (χ4n) is 2.25. The number of ether oxygens (including phenoxy) is 1. The number of nitrogens with zero attached hydrogens (tertiary/aromatic N) is 2. The maximum absolute atomic E-state index is 13.7. The number of methoxy groups -OCH3 is 1. The van der Waals surface area contributed by atoms with E-state index in [1.807, 2.05) is 0 Å². The first-order valence-electron chi connectivity index (χ1n) is 7.90. The van der Waals surface area contributed by atoms with Crippen molar-refractivity contribution in [1.29, 1.82) is 0 Å². The fourth-order valence-corrected chi connectivity index (χ4v) is 2.25. The molecule has 1 heterocycles. The van der Waals surface area contributed by atoms with Gasteiger partial charge in [0.1, 0.15) is 23.7 Å². The van der Waals surface area contributed by atoms with Crippen LogP contribution in [-0.2, 0) is 4.74 Å². The smallest absolute Gasteiger partial charge is 0.337 e. The van der Waals surface area contributed by atoms with Gasteiger partial charge in [0, 0.05) is 11.8 Å². The first-order valence-corrected chi connectivity index (χ1v) is 7.90. The summed E-state index contributed by atoms with van der Waals surface area (Å²) in [5.74, 6) is -1.10.